The molecule has 0 saturated carbocycles. The zero-order valence-electron chi connectivity index (χ0n) is 16.1. The molecule has 1 N–H and O–H groups in total. The number of rotatable bonds is 5. The summed E-state index contributed by atoms with van der Waals surface area (Å²) in [6.45, 7) is 5.02. The Morgan fingerprint density at radius 3 is 2.57 bits per heavy atom. The lowest BCUT2D eigenvalue weighted by Crippen LogP contribution is -2.37. The number of benzene rings is 2. The first-order chi connectivity index (χ1) is 13.8. The number of hydrogen-bond acceptors (Lipinski definition) is 4. The number of anilines is 1. The predicted molar refractivity (Wildman–Crippen MR) is 112 cm³/mol. The van der Waals surface area contributed by atoms with Gasteiger partial charge in [0.05, 0.1) is 30.3 Å². The topological polar surface area (TPSA) is 54.5 Å². The van der Waals surface area contributed by atoms with Crippen molar-refractivity contribution in [3.8, 4) is 0 Å². The van der Waals surface area contributed by atoms with Gasteiger partial charge in [0, 0.05) is 18.5 Å². The first-order valence-corrected chi connectivity index (χ1v) is 9.84. The first-order valence-electron chi connectivity index (χ1n) is 9.84. The molecule has 5 heteroatoms. The van der Waals surface area contributed by atoms with Gasteiger partial charge < -0.3 is 15.0 Å². The second kappa shape index (κ2) is 8.40. The lowest BCUT2D eigenvalue weighted by molar-refractivity contribution is 0.0937. The van der Waals surface area contributed by atoms with E-state index in [4.69, 9.17) is 9.72 Å². The molecule has 1 aliphatic rings. The van der Waals surface area contributed by atoms with Gasteiger partial charge in [0.1, 0.15) is 5.82 Å². The molecule has 0 spiro atoms. The molecule has 0 radical (unpaired) electrons. The summed E-state index contributed by atoms with van der Waals surface area (Å²) >= 11 is 0. The van der Waals surface area contributed by atoms with Crippen LogP contribution in [0.5, 0.6) is 0 Å². The van der Waals surface area contributed by atoms with E-state index in [2.05, 4.69) is 29.3 Å². The highest BCUT2D eigenvalue weighted by Gasteiger charge is 2.20. The maximum atomic E-state index is 13.3. The third-order valence-corrected chi connectivity index (χ3v) is 5.20. The highest BCUT2D eigenvalue weighted by Crippen LogP contribution is 2.25. The van der Waals surface area contributed by atoms with E-state index >= 15 is 0 Å². The highest BCUT2D eigenvalue weighted by atomic mass is 16.5. The first kappa shape index (κ1) is 18.4. The Hall–Kier alpha value is -2.92. The Bertz CT molecular complexity index is 952. The normalized spacial score (nSPS) is 15.4. The third kappa shape index (κ3) is 3.85. The van der Waals surface area contributed by atoms with Gasteiger partial charge in [-0.15, -0.1) is 0 Å². The molecule has 0 bridgehead atoms. The van der Waals surface area contributed by atoms with Crippen molar-refractivity contribution in [2.75, 3.05) is 31.2 Å². The van der Waals surface area contributed by atoms with Gasteiger partial charge in [0.2, 0.25) is 0 Å². The lowest BCUT2D eigenvalue weighted by atomic mass is 10.0. The quantitative estimate of drug-likeness (QED) is 0.734. The summed E-state index contributed by atoms with van der Waals surface area (Å²) in [4.78, 5) is 20.2. The van der Waals surface area contributed by atoms with Crippen LogP contribution in [-0.4, -0.2) is 37.2 Å². The molecule has 0 unspecified atom stereocenters. The fraction of sp³-hybridized carbons (Fsp3) is 0.304. The summed E-state index contributed by atoms with van der Waals surface area (Å²) in [6.07, 6.45) is 0.828. The summed E-state index contributed by atoms with van der Waals surface area (Å²) < 4.78 is 5.45. The zero-order valence-corrected chi connectivity index (χ0v) is 16.1. The second-order valence-corrected chi connectivity index (χ2v) is 6.99. The van der Waals surface area contributed by atoms with E-state index in [1.54, 1.807) is 0 Å². The van der Waals surface area contributed by atoms with Crippen LogP contribution in [0.25, 0.3) is 10.9 Å². The van der Waals surface area contributed by atoms with Crippen LogP contribution in [-0.2, 0) is 4.74 Å². The number of carbonyl (C=O) groups excluding carboxylic acids is 1. The van der Waals surface area contributed by atoms with E-state index in [9.17, 15) is 4.79 Å². The molecule has 3 aromatic rings. The molecule has 144 valence electrons. The molecule has 5 nitrogen and oxygen atoms in total. The zero-order chi connectivity index (χ0) is 19.3. The average Bonchev–Trinajstić information content (AvgIpc) is 2.77. The van der Waals surface area contributed by atoms with Crippen molar-refractivity contribution in [3.05, 3.63) is 71.8 Å². The van der Waals surface area contributed by atoms with Crippen LogP contribution in [0.2, 0.25) is 0 Å². The minimum Gasteiger partial charge on any atom is -0.378 e. The van der Waals surface area contributed by atoms with Crippen molar-refractivity contribution in [1.29, 1.82) is 0 Å². The number of hydrogen-bond donors (Lipinski definition) is 1. The average molecular weight is 375 g/mol. The Morgan fingerprint density at radius 1 is 1.11 bits per heavy atom. The standard InChI is InChI=1S/C23H25N3O2/c1-2-20(17-8-4-3-5-9-17)25-23(27)19-16-22(26-12-14-28-15-13-26)24-21-11-7-6-10-18(19)21/h3-11,16,20H,2,12-15H2,1H3,(H,25,27)/t20-/m0/s1. The molecule has 4 rings (SSSR count). The predicted octanol–water partition coefficient (Wildman–Crippen LogP) is 3.95. The van der Waals surface area contributed by atoms with Crippen LogP contribution in [0.1, 0.15) is 35.3 Å². The van der Waals surface area contributed by atoms with Crippen molar-refractivity contribution in [1.82, 2.24) is 10.3 Å². The number of nitrogens with one attached hydrogen (secondary N) is 1. The van der Waals surface area contributed by atoms with Gasteiger partial charge in [-0.25, -0.2) is 4.98 Å². The number of morpholine rings is 1. The number of aromatic nitrogens is 1. The van der Waals surface area contributed by atoms with E-state index in [-0.39, 0.29) is 11.9 Å². The second-order valence-electron chi connectivity index (χ2n) is 6.99. The molecular formula is C23H25N3O2. The lowest BCUT2D eigenvalue weighted by Gasteiger charge is -2.28. The molecule has 1 fully saturated rings. The van der Waals surface area contributed by atoms with Crippen molar-refractivity contribution in [2.45, 2.75) is 19.4 Å². The number of carbonyl (C=O) groups is 1. The van der Waals surface area contributed by atoms with Gasteiger partial charge in [-0.1, -0.05) is 55.5 Å². The molecule has 1 aliphatic heterocycles. The number of para-hydroxylation sites is 1. The molecule has 1 saturated heterocycles. The molecule has 1 atom stereocenters. The molecular weight excluding hydrogens is 350 g/mol. The maximum Gasteiger partial charge on any atom is 0.252 e. The number of nitrogens with zero attached hydrogens (tertiary/aromatic N) is 2. The number of pyridine rings is 1. The van der Waals surface area contributed by atoms with Crippen LogP contribution in [0.3, 0.4) is 0 Å². The monoisotopic (exact) mass is 375 g/mol. The smallest absolute Gasteiger partial charge is 0.252 e. The summed E-state index contributed by atoms with van der Waals surface area (Å²) in [6, 6.07) is 19.8. The maximum absolute atomic E-state index is 13.3. The van der Waals surface area contributed by atoms with Crippen LogP contribution in [0.4, 0.5) is 5.82 Å². The Labute approximate surface area is 165 Å². The van der Waals surface area contributed by atoms with E-state index in [1.807, 2.05) is 48.5 Å². The highest BCUT2D eigenvalue weighted by molar-refractivity contribution is 6.07. The third-order valence-electron chi connectivity index (χ3n) is 5.20. The van der Waals surface area contributed by atoms with Crippen LogP contribution < -0.4 is 10.2 Å². The van der Waals surface area contributed by atoms with Crippen molar-refractivity contribution in [3.63, 3.8) is 0 Å². The van der Waals surface area contributed by atoms with E-state index in [1.165, 1.54) is 0 Å². The Kier molecular flexibility index (Phi) is 5.53. The number of fused-ring (bicyclic) bond motifs is 1. The van der Waals surface area contributed by atoms with Gasteiger partial charge in [-0.3, -0.25) is 4.79 Å². The molecule has 1 aromatic heterocycles. The van der Waals surface area contributed by atoms with Gasteiger partial charge in [-0.05, 0) is 24.1 Å². The summed E-state index contributed by atoms with van der Waals surface area (Å²) in [5.74, 6) is 0.767. The van der Waals surface area contributed by atoms with Crippen LogP contribution in [0.15, 0.2) is 60.7 Å². The summed E-state index contributed by atoms with van der Waals surface area (Å²) in [7, 11) is 0. The molecule has 0 aliphatic carbocycles. The van der Waals surface area contributed by atoms with Crippen molar-refractivity contribution >= 4 is 22.6 Å². The van der Waals surface area contributed by atoms with Gasteiger partial charge in [0.25, 0.3) is 5.91 Å². The van der Waals surface area contributed by atoms with Gasteiger partial charge >= 0.3 is 0 Å². The van der Waals surface area contributed by atoms with Gasteiger partial charge in [-0.2, -0.15) is 0 Å². The van der Waals surface area contributed by atoms with Crippen molar-refractivity contribution < 1.29 is 9.53 Å². The number of ether oxygens (including phenoxy) is 1. The van der Waals surface area contributed by atoms with E-state index in [0.29, 0.717) is 18.8 Å². The minimum absolute atomic E-state index is 0.0209. The van der Waals surface area contributed by atoms with Gasteiger partial charge in [0.15, 0.2) is 0 Å². The molecule has 2 aromatic carbocycles. The van der Waals surface area contributed by atoms with Crippen LogP contribution in [0, 0.1) is 0 Å². The summed E-state index contributed by atoms with van der Waals surface area (Å²) in [5.41, 5.74) is 2.62. The Morgan fingerprint density at radius 2 is 1.82 bits per heavy atom. The van der Waals surface area contributed by atoms with Crippen molar-refractivity contribution in [2.24, 2.45) is 0 Å². The fourth-order valence-corrected chi connectivity index (χ4v) is 3.65. The van der Waals surface area contributed by atoms with E-state index < -0.39 is 0 Å². The minimum atomic E-state index is -0.0659. The largest absolute Gasteiger partial charge is 0.378 e. The van der Waals surface area contributed by atoms with E-state index in [0.717, 1.165) is 41.8 Å². The fourth-order valence-electron chi connectivity index (χ4n) is 3.65. The van der Waals surface area contributed by atoms with Crippen LogP contribution >= 0.6 is 0 Å². The molecule has 1 amide bonds. The SMILES string of the molecule is CC[C@H](NC(=O)c1cc(N2CCOCC2)nc2ccccc12)c1ccccc1. The molecule has 28 heavy (non-hydrogen) atoms. The number of amides is 1. The molecule has 2 heterocycles. The Balaban J connectivity index is 1.68. The summed E-state index contributed by atoms with van der Waals surface area (Å²) in [5, 5.41) is 4.09.